The minimum Gasteiger partial charge on any atom is -0.477 e. The van der Waals surface area contributed by atoms with Crippen LogP contribution in [0.5, 0.6) is 0 Å². The minimum absolute atomic E-state index is 0.183. The number of carboxylic acids is 1. The van der Waals surface area contributed by atoms with Gasteiger partial charge in [0.15, 0.2) is 6.10 Å². The van der Waals surface area contributed by atoms with E-state index in [1.54, 1.807) is 0 Å². The molecule has 0 amide bonds. The lowest BCUT2D eigenvalue weighted by molar-refractivity contribution is -0.870. The van der Waals surface area contributed by atoms with Crippen molar-refractivity contribution < 1.29 is 42.9 Å². The normalized spacial score (nSPS) is 13.1. The maximum Gasteiger partial charge on any atom is 0.361 e. The van der Waals surface area contributed by atoms with Gasteiger partial charge in [0, 0.05) is 12.8 Å². The van der Waals surface area contributed by atoms with Crippen LogP contribution in [0.2, 0.25) is 0 Å². The van der Waals surface area contributed by atoms with Crippen molar-refractivity contribution in [2.45, 2.75) is 386 Å². The second-order valence-corrected chi connectivity index (χ2v) is 28.4. The molecule has 0 aliphatic heterocycles. The number of carbonyl (C=O) groups excluding carboxylic acids is 2. The van der Waals surface area contributed by atoms with Gasteiger partial charge >= 0.3 is 17.9 Å². The summed E-state index contributed by atoms with van der Waals surface area (Å²) in [6, 6.07) is 0. The van der Waals surface area contributed by atoms with Gasteiger partial charge in [-0.05, 0) is 77.0 Å². The zero-order valence-electron chi connectivity index (χ0n) is 63.1. The van der Waals surface area contributed by atoms with Crippen LogP contribution in [0.25, 0.3) is 0 Å². The Labute approximate surface area is 588 Å². The van der Waals surface area contributed by atoms with Crippen LogP contribution in [0, 0.1) is 0 Å². The number of quaternary nitrogens is 1. The van der Waals surface area contributed by atoms with Crippen molar-refractivity contribution in [3.8, 4) is 0 Å². The van der Waals surface area contributed by atoms with Gasteiger partial charge in [-0.15, -0.1) is 0 Å². The van der Waals surface area contributed by atoms with E-state index in [1.807, 2.05) is 21.1 Å². The van der Waals surface area contributed by atoms with Gasteiger partial charge < -0.3 is 28.5 Å². The molecule has 9 heteroatoms. The van der Waals surface area contributed by atoms with E-state index >= 15 is 0 Å². The van der Waals surface area contributed by atoms with Gasteiger partial charge in [-0.3, -0.25) is 9.59 Å². The molecule has 0 saturated carbocycles. The van der Waals surface area contributed by atoms with Gasteiger partial charge in [-0.25, -0.2) is 4.79 Å². The molecule has 0 radical (unpaired) electrons. The van der Waals surface area contributed by atoms with E-state index in [2.05, 4.69) is 111 Å². The molecule has 0 heterocycles. The second-order valence-electron chi connectivity index (χ2n) is 28.4. The molecular formula is C86H154NO8+. The molecule has 0 aliphatic carbocycles. The smallest absolute Gasteiger partial charge is 0.361 e. The molecule has 2 atom stereocenters. The first-order valence-electron chi connectivity index (χ1n) is 40.4. The molecule has 0 fully saturated rings. The number of rotatable bonds is 75. The largest absolute Gasteiger partial charge is 0.477 e. The van der Waals surface area contributed by atoms with Gasteiger partial charge in [0.2, 0.25) is 0 Å². The van der Waals surface area contributed by atoms with Crippen LogP contribution in [0.15, 0.2) is 97.2 Å². The van der Waals surface area contributed by atoms with Gasteiger partial charge in [0.1, 0.15) is 13.2 Å². The lowest BCUT2D eigenvalue weighted by atomic mass is 10.0. The topological polar surface area (TPSA) is 108 Å². The highest BCUT2D eigenvalue weighted by atomic mass is 16.7. The summed E-state index contributed by atoms with van der Waals surface area (Å²) in [5, 5.41) is 9.77. The average Bonchev–Trinajstić information content (AvgIpc) is 3.75. The SMILES string of the molecule is CC/C=C\C/C=C\C/C=C\C/C=C\C/C=C\C/C=C\C/C=C\C/C=C\CCCCCCCCCCC(=O)OC(COC(=O)CCCCCCCCCCCCCCCCCCCCCCCCCCCCCCCCCCCCCCC)COC(OCC[N+](C)(C)C)C(=O)O. The summed E-state index contributed by atoms with van der Waals surface area (Å²) in [6.07, 6.45) is 103. The molecule has 0 aromatic carbocycles. The minimum atomic E-state index is -1.52. The highest BCUT2D eigenvalue weighted by molar-refractivity contribution is 5.71. The summed E-state index contributed by atoms with van der Waals surface area (Å²) in [5.74, 6) is -2.00. The monoisotopic (exact) mass is 1330 g/mol. The Kier molecular flexibility index (Phi) is 72.9. The van der Waals surface area contributed by atoms with Gasteiger partial charge in [0.05, 0.1) is 34.4 Å². The van der Waals surface area contributed by atoms with Crippen LogP contribution in [0.3, 0.4) is 0 Å². The number of nitrogens with zero attached hydrogens (tertiary/aromatic N) is 1. The van der Waals surface area contributed by atoms with Gasteiger partial charge in [-0.2, -0.15) is 0 Å². The Hall–Kier alpha value is -3.79. The quantitative estimate of drug-likeness (QED) is 0.0211. The van der Waals surface area contributed by atoms with E-state index in [-0.39, 0.29) is 32.2 Å². The lowest BCUT2D eigenvalue weighted by Crippen LogP contribution is -2.40. The Bertz CT molecular complexity index is 1890. The van der Waals surface area contributed by atoms with Crippen LogP contribution in [-0.4, -0.2) is 87.4 Å². The zero-order chi connectivity index (χ0) is 69.0. The zero-order valence-corrected chi connectivity index (χ0v) is 63.1. The predicted molar refractivity (Wildman–Crippen MR) is 410 cm³/mol. The molecule has 0 aliphatic rings. The number of esters is 2. The number of hydrogen-bond donors (Lipinski definition) is 1. The van der Waals surface area contributed by atoms with Gasteiger partial charge in [-0.1, -0.05) is 381 Å². The fraction of sp³-hybridized carbons (Fsp3) is 0.779. The standard InChI is InChI=1S/C86H153NO8/c1-6-8-10-12-14-16-18-20-22-24-26-28-30-32-34-36-38-40-41-42-43-45-46-48-50-52-54-56-58-60-62-64-66-68-70-72-74-76-83(88)93-80-82(81-94-86(85(90)91)92-79-78-87(3,4)5)95-84(89)77-75-73-71-69-67-65-63-61-59-57-55-53-51-49-47-44-39-37-35-33-31-29-27-25-23-21-19-17-15-13-11-9-7-2/h9,11,15,17,21,23,27,29,33,35,39,44,49,51,55,57,82,86H,6-8,10,12-14,16,18-20,22,24-26,28,30-32,34,36-38,40-43,45-48,50,52-54,56,58-81H2,1-5H3/p+1/b11-9-,17-15-,23-21-,29-27-,35-33-,44-39-,51-49-,57-55-. The maximum atomic E-state index is 13.0. The number of ether oxygens (including phenoxy) is 4. The molecule has 0 spiro atoms. The fourth-order valence-electron chi connectivity index (χ4n) is 11.7. The van der Waals surface area contributed by atoms with Gasteiger partial charge in [0.25, 0.3) is 6.29 Å². The number of aliphatic carboxylic acids is 1. The van der Waals surface area contributed by atoms with Crippen molar-refractivity contribution in [2.75, 3.05) is 47.5 Å². The van der Waals surface area contributed by atoms with Crippen LogP contribution >= 0.6 is 0 Å². The second kappa shape index (κ2) is 76.0. The highest BCUT2D eigenvalue weighted by Crippen LogP contribution is 2.19. The third-order valence-electron chi connectivity index (χ3n) is 17.9. The first-order chi connectivity index (χ1) is 46.6. The molecule has 95 heavy (non-hydrogen) atoms. The Morgan fingerprint density at radius 3 is 0.895 bits per heavy atom. The molecular weight excluding hydrogens is 1170 g/mol. The first-order valence-corrected chi connectivity index (χ1v) is 40.4. The van der Waals surface area contributed by atoms with Crippen molar-refractivity contribution in [3.63, 3.8) is 0 Å². The molecule has 0 aromatic rings. The summed E-state index contributed by atoms with van der Waals surface area (Å²) in [6.45, 7) is 4.80. The fourth-order valence-corrected chi connectivity index (χ4v) is 11.7. The lowest BCUT2D eigenvalue weighted by Gasteiger charge is -2.25. The number of allylic oxidation sites excluding steroid dienone is 16. The number of carbonyl (C=O) groups is 3. The van der Waals surface area contributed by atoms with E-state index in [0.717, 1.165) is 96.3 Å². The van der Waals surface area contributed by atoms with Crippen LogP contribution in [-0.2, 0) is 33.3 Å². The molecule has 0 bridgehead atoms. The molecule has 0 saturated heterocycles. The molecule has 9 nitrogen and oxygen atoms in total. The van der Waals surface area contributed by atoms with Crippen LogP contribution < -0.4 is 0 Å². The first kappa shape index (κ1) is 91.2. The van der Waals surface area contributed by atoms with E-state index in [0.29, 0.717) is 23.9 Å². The maximum absolute atomic E-state index is 13.0. The van der Waals surface area contributed by atoms with Crippen molar-refractivity contribution in [1.82, 2.24) is 0 Å². The Morgan fingerprint density at radius 1 is 0.326 bits per heavy atom. The third kappa shape index (κ3) is 77.4. The molecule has 550 valence electrons. The number of likely N-dealkylation sites (N-methyl/N-ethyl adjacent to an activating group) is 1. The summed E-state index contributed by atoms with van der Waals surface area (Å²) >= 11 is 0. The van der Waals surface area contributed by atoms with Crippen LogP contribution in [0.4, 0.5) is 0 Å². The Morgan fingerprint density at radius 2 is 0.600 bits per heavy atom. The molecule has 1 N–H and O–H groups in total. The third-order valence-corrected chi connectivity index (χ3v) is 17.9. The summed E-state index contributed by atoms with van der Waals surface area (Å²) < 4.78 is 23.0. The summed E-state index contributed by atoms with van der Waals surface area (Å²) in [4.78, 5) is 37.7. The number of carboxylic acid groups (broad SMARTS) is 1. The van der Waals surface area contributed by atoms with E-state index < -0.39 is 24.3 Å². The number of hydrogen-bond acceptors (Lipinski definition) is 7. The van der Waals surface area contributed by atoms with Crippen molar-refractivity contribution in [3.05, 3.63) is 97.2 Å². The van der Waals surface area contributed by atoms with Crippen molar-refractivity contribution >= 4 is 17.9 Å². The molecule has 0 aromatic heterocycles. The molecule has 2 unspecified atom stereocenters. The Balaban J connectivity index is 4.03. The predicted octanol–water partition coefficient (Wildman–Crippen LogP) is 25.9. The average molecular weight is 1330 g/mol. The molecule has 0 rings (SSSR count). The van der Waals surface area contributed by atoms with Crippen molar-refractivity contribution in [1.29, 1.82) is 0 Å². The number of unbranched alkanes of at least 4 members (excludes halogenated alkanes) is 44. The van der Waals surface area contributed by atoms with E-state index in [9.17, 15) is 19.5 Å². The summed E-state index contributed by atoms with van der Waals surface area (Å²) in [7, 11) is 5.98. The van der Waals surface area contributed by atoms with E-state index in [1.165, 1.54) is 244 Å². The highest BCUT2D eigenvalue weighted by Gasteiger charge is 2.25. The summed E-state index contributed by atoms with van der Waals surface area (Å²) in [5.41, 5.74) is 0. The van der Waals surface area contributed by atoms with Crippen LogP contribution in [0.1, 0.15) is 373 Å². The van der Waals surface area contributed by atoms with Crippen molar-refractivity contribution in [2.24, 2.45) is 0 Å². The van der Waals surface area contributed by atoms with E-state index in [4.69, 9.17) is 18.9 Å².